The molecule has 0 aliphatic rings. The molecule has 0 saturated heterocycles. The van der Waals surface area contributed by atoms with Crippen molar-refractivity contribution in [3.63, 3.8) is 0 Å². The molecule has 0 atom stereocenters. The highest BCUT2D eigenvalue weighted by Crippen LogP contribution is 2.16. The van der Waals surface area contributed by atoms with E-state index in [4.69, 9.17) is 11.0 Å². The Morgan fingerprint density at radius 3 is 2.33 bits per heavy atom. The molecule has 0 unspecified atom stereocenters. The van der Waals surface area contributed by atoms with Crippen LogP contribution in [0, 0.1) is 11.3 Å². The lowest BCUT2D eigenvalue weighted by molar-refractivity contribution is -0.114. The molecule has 0 aromatic heterocycles. The van der Waals surface area contributed by atoms with Crippen molar-refractivity contribution in [2.45, 2.75) is 0 Å². The minimum Gasteiger partial charge on any atom is -0.377 e. The first-order chi connectivity index (χ1) is 8.56. The number of hydrogen-bond acceptors (Lipinski definition) is 3. The molecule has 1 rings (SSSR count). The van der Waals surface area contributed by atoms with Crippen LogP contribution in [0.5, 0.6) is 0 Å². The van der Waals surface area contributed by atoms with Gasteiger partial charge in [-0.3, -0.25) is 4.79 Å². The van der Waals surface area contributed by atoms with Crippen molar-refractivity contribution in [2.24, 2.45) is 5.73 Å². The molecular formula is C14H15N3O. The van der Waals surface area contributed by atoms with Crippen molar-refractivity contribution in [1.82, 2.24) is 4.90 Å². The summed E-state index contributed by atoms with van der Waals surface area (Å²) in [6.45, 7) is 0. The van der Waals surface area contributed by atoms with E-state index < -0.39 is 5.91 Å². The number of primary amides is 1. The van der Waals surface area contributed by atoms with Crippen molar-refractivity contribution in [3.8, 4) is 6.07 Å². The standard InChI is InChI=1S/C14H15N3O/c1-17(2)13(11-6-4-3-5-7-11)9-8-12(10-15)14(16)18/h3-9H,1-2H3,(H2,16,18)/b12-8+,13-9+. The third kappa shape index (κ3) is 3.49. The van der Waals surface area contributed by atoms with Crippen LogP contribution in [0.3, 0.4) is 0 Å². The maximum absolute atomic E-state index is 10.9. The molecule has 1 aromatic rings. The molecule has 1 amide bonds. The van der Waals surface area contributed by atoms with Crippen LogP contribution in [0.25, 0.3) is 5.70 Å². The third-order valence-electron chi connectivity index (χ3n) is 2.35. The number of nitriles is 1. The number of nitrogens with zero attached hydrogens (tertiary/aromatic N) is 2. The molecule has 4 nitrogen and oxygen atoms in total. The van der Waals surface area contributed by atoms with Gasteiger partial charge in [0, 0.05) is 19.8 Å². The number of carbonyl (C=O) groups is 1. The molecule has 1 aromatic carbocycles. The molecule has 0 aliphatic carbocycles. The van der Waals surface area contributed by atoms with E-state index in [9.17, 15) is 4.79 Å². The van der Waals surface area contributed by atoms with Gasteiger partial charge in [-0.25, -0.2) is 0 Å². The predicted octanol–water partition coefficient (Wildman–Crippen LogP) is 1.52. The molecule has 0 spiro atoms. The fourth-order valence-electron chi connectivity index (χ4n) is 1.45. The van der Waals surface area contributed by atoms with Crippen LogP contribution in [0.1, 0.15) is 5.56 Å². The Morgan fingerprint density at radius 2 is 1.89 bits per heavy atom. The van der Waals surface area contributed by atoms with Crippen molar-refractivity contribution in [1.29, 1.82) is 5.26 Å². The average Bonchev–Trinajstić information content (AvgIpc) is 2.35. The summed E-state index contributed by atoms with van der Waals surface area (Å²) in [5, 5.41) is 8.76. The first-order valence-corrected chi connectivity index (χ1v) is 5.41. The number of allylic oxidation sites excluding steroid dienone is 2. The Hall–Kier alpha value is -2.54. The highest BCUT2D eigenvalue weighted by atomic mass is 16.1. The first-order valence-electron chi connectivity index (χ1n) is 5.41. The molecule has 0 radical (unpaired) electrons. The van der Waals surface area contributed by atoms with E-state index in [2.05, 4.69) is 0 Å². The Labute approximate surface area is 107 Å². The lowest BCUT2D eigenvalue weighted by Crippen LogP contribution is -2.13. The van der Waals surface area contributed by atoms with Gasteiger partial charge in [-0.2, -0.15) is 5.26 Å². The second-order valence-electron chi connectivity index (χ2n) is 3.87. The highest BCUT2D eigenvalue weighted by Gasteiger charge is 2.04. The van der Waals surface area contributed by atoms with E-state index in [-0.39, 0.29) is 5.57 Å². The van der Waals surface area contributed by atoms with Crippen LogP contribution in [0.2, 0.25) is 0 Å². The monoisotopic (exact) mass is 241 g/mol. The Bertz CT molecular complexity index is 522. The van der Waals surface area contributed by atoms with Gasteiger partial charge in [0.1, 0.15) is 11.6 Å². The van der Waals surface area contributed by atoms with Crippen molar-refractivity contribution < 1.29 is 4.79 Å². The smallest absolute Gasteiger partial charge is 0.259 e. The van der Waals surface area contributed by atoms with Crippen LogP contribution in [0.15, 0.2) is 48.1 Å². The zero-order chi connectivity index (χ0) is 13.5. The zero-order valence-electron chi connectivity index (χ0n) is 10.4. The van der Waals surface area contributed by atoms with Gasteiger partial charge in [-0.1, -0.05) is 30.3 Å². The summed E-state index contributed by atoms with van der Waals surface area (Å²) in [5.74, 6) is -0.722. The maximum atomic E-state index is 10.9. The van der Waals surface area contributed by atoms with Gasteiger partial charge < -0.3 is 10.6 Å². The maximum Gasteiger partial charge on any atom is 0.259 e. The summed E-state index contributed by atoms with van der Waals surface area (Å²) in [7, 11) is 3.78. The van der Waals surface area contributed by atoms with Crippen LogP contribution in [-0.2, 0) is 4.79 Å². The van der Waals surface area contributed by atoms with Crippen LogP contribution < -0.4 is 5.73 Å². The molecular weight excluding hydrogens is 226 g/mol. The van der Waals surface area contributed by atoms with Gasteiger partial charge in [0.25, 0.3) is 5.91 Å². The first kappa shape index (κ1) is 13.5. The molecule has 92 valence electrons. The summed E-state index contributed by atoms with van der Waals surface area (Å²) < 4.78 is 0. The zero-order valence-corrected chi connectivity index (χ0v) is 10.4. The van der Waals surface area contributed by atoms with E-state index in [1.165, 1.54) is 6.08 Å². The summed E-state index contributed by atoms with van der Waals surface area (Å²) in [6.07, 6.45) is 3.14. The van der Waals surface area contributed by atoms with E-state index >= 15 is 0 Å². The molecule has 0 heterocycles. The van der Waals surface area contributed by atoms with Gasteiger partial charge in [0.2, 0.25) is 0 Å². The molecule has 2 N–H and O–H groups in total. The van der Waals surface area contributed by atoms with Gasteiger partial charge >= 0.3 is 0 Å². The molecule has 18 heavy (non-hydrogen) atoms. The lowest BCUT2D eigenvalue weighted by Gasteiger charge is -2.17. The Morgan fingerprint density at radius 1 is 1.28 bits per heavy atom. The SMILES string of the molecule is CN(C)/C(=C/C=C(\C#N)C(N)=O)c1ccccc1. The minimum atomic E-state index is -0.722. The Kier molecular flexibility index (Phi) is 4.70. The molecule has 4 heteroatoms. The van der Waals surface area contributed by atoms with E-state index in [1.807, 2.05) is 49.3 Å². The number of carbonyl (C=O) groups excluding carboxylic acids is 1. The van der Waals surface area contributed by atoms with Crippen LogP contribution in [0.4, 0.5) is 0 Å². The van der Waals surface area contributed by atoms with E-state index in [1.54, 1.807) is 12.1 Å². The summed E-state index contributed by atoms with van der Waals surface area (Å²) in [4.78, 5) is 12.8. The molecule has 0 aliphatic heterocycles. The predicted molar refractivity (Wildman–Crippen MR) is 71.0 cm³/mol. The Balaban J connectivity index is 3.16. The number of rotatable bonds is 4. The van der Waals surface area contributed by atoms with Crippen LogP contribution >= 0.6 is 0 Å². The van der Waals surface area contributed by atoms with E-state index in [0.29, 0.717) is 0 Å². The van der Waals surface area contributed by atoms with Crippen LogP contribution in [-0.4, -0.2) is 24.9 Å². The molecule has 0 saturated carbocycles. The van der Waals surface area contributed by atoms with Crippen molar-refractivity contribution in [3.05, 3.63) is 53.6 Å². The average molecular weight is 241 g/mol. The highest BCUT2D eigenvalue weighted by molar-refractivity contribution is 5.96. The number of amides is 1. The minimum absolute atomic E-state index is 0.0646. The third-order valence-corrected chi connectivity index (χ3v) is 2.35. The second-order valence-corrected chi connectivity index (χ2v) is 3.87. The van der Waals surface area contributed by atoms with Gasteiger partial charge in [0.15, 0.2) is 0 Å². The topological polar surface area (TPSA) is 70.1 Å². The summed E-state index contributed by atoms with van der Waals surface area (Å²) in [5.41, 5.74) is 6.90. The lowest BCUT2D eigenvalue weighted by atomic mass is 10.1. The normalized spacial score (nSPS) is 11.8. The van der Waals surface area contributed by atoms with E-state index in [0.717, 1.165) is 11.3 Å². The number of hydrogen-bond donors (Lipinski definition) is 1. The molecule has 0 bridgehead atoms. The quantitative estimate of drug-likeness (QED) is 0.493. The van der Waals surface area contributed by atoms with Gasteiger partial charge in [-0.15, -0.1) is 0 Å². The molecule has 0 fully saturated rings. The summed E-state index contributed by atoms with van der Waals surface area (Å²) in [6, 6.07) is 11.5. The van der Waals surface area contributed by atoms with Gasteiger partial charge in [-0.05, 0) is 17.7 Å². The fraction of sp³-hybridized carbons (Fsp3) is 0.143. The fourth-order valence-corrected chi connectivity index (χ4v) is 1.45. The van der Waals surface area contributed by atoms with Crippen molar-refractivity contribution in [2.75, 3.05) is 14.1 Å². The largest absolute Gasteiger partial charge is 0.377 e. The number of nitrogens with two attached hydrogens (primary N) is 1. The second kappa shape index (κ2) is 6.26. The van der Waals surface area contributed by atoms with Gasteiger partial charge in [0.05, 0.1) is 0 Å². The number of benzene rings is 1. The van der Waals surface area contributed by atoms with Crippen molar-refractivity contribution >= 4 is 11.6 Å². The summed E-state index contributed by atoms with van der Waals surface area (Å²) >= 11 is 0.